The van der Waals surface area contributed by atoms with Crippen LogP contribution in [0.1, 0.15) is 0 Å². The molecule has 75 valence electrons. The van der Waals surface area contributed by atoms with E-state index in [1.165, 1.54) is 0 Å². The smallest absolute Gasteiger partial charge is 0.122 e. The summed E-state index contributed by atoms with van der Waals surface area (Å²) >= 11 is 0. The Morgan fingerprint density at radius 1 is 0.812 bits per heavy atom. The van der Waals surface area contributed by atoms with Crippen LogP contribution in [-0.2, 0) is 0 Å². The van der Waals surface area contributed by atoms with Gasteiger partial charge in [-0.25, -0.2) is 0 Å². The topological polar surface area (TPSA) is 25.8 Å². The Balaban J connectivity index is 2.32. The molecule has 1 radical (unpaired) electrons. The number of fused-ring (bicyclic) bond motifs is 1. The Morgan fingerprint density at radius 3 is 2.44 bits per heavy atom. The van der Waals surface area contributed by atoms with E-state index in [1.54, 1.807) is 0 Å². The lowest BCUT2D eigenvalue weighted by Crippen LogP contribution is -1.89. The Bertz CT molecular complexity index is 612. The Kier molecular flexibility index (Phi) is 2.11. The number of benzene rings is 2. The summed E-state index contributed by atoms with van der Waals surface area (Å²) in [6.45, 7) is 0. The molecule has 16 heavy (non-hydrogen) atoms. The van der Waals surface area contributed by atoms with Crippen molar-refractivity contribution in [1.29, 1.82) is 0 Å². The predicted octanol–water partition coefficient (Wildman–Crippen LogP) is 3.10. The van der Waals surface area contributed by atoms with Crippen LogP contribution in [0.3, 0.4) is 0 Å². The van der Waals surface area contributed by atoms with Crippen LogP contribution in [0.15, 0.2) is 54.6 Å². The second-order valence-corrected chi connectivity index (χ2v) is 3.57. The maximum absolute atomic E-state index is 4.17. The standard InChI is InChI=1S/C14H9N2/c1-2-6-11(7-3-1)14-13-9-5-4-8-12(13)10-15-16-14/h1-9H. The van der Waals surface area contributed by atoms with E-state index < -0.39 is 0 Å². The molecule has 0 fully saturated rings. The second-order valence-electron chi connectivity index (χ2n) is 3.57. The van der Waals surface area contributed by atoms with Gasteiger partial charge in [-0.2, -0.15) is 0 Å². The molecule has 0 atom stereocenters. The summed E-state index contributed by atoms with van der Waals surface area (Å²) in [5, 5.41) is 10.2. The van der Waals surface area contributed by atoms with Gasteiger partial charge in [-0.3, -0.25) is 0 Å². The summed E-state index contributed by atoms with van der Waals surface area (Å²) in [5.74, 6) is 0. The van der Waals surface area contributed by atoms with Crippen molar-refractivity contribution < 1.29 is 0 Å². The molecule has 0 saturated carbocycles. The number of aromatic nitrogens is 2. The molecule has 0 amide bonds. The van der Waals surface area contributed by atoms with E-state index in [0.717, 1.165) is 22.0 Å². The van der Waals surface area contributed by atoms with E-state index in [1.807, 2.05) is 54.6 Å². The fraction of sp³-hybridized carbons (Fsp3) is 0. The molecular formula is C14H9N2. The van der Waals surface area contributed by atoms with Crippen molar-refractivity contribution in [3.05, 3.63) is 60.8 Å². The zero-order valence-electron chi connectivity index (χ0n) is 8.59. The van der Waals surface area contributed by atoms with Crippen molar-refractivity contribution in [2.24, 2.45) is 0 Å². The summed E-state index contributed by atoms with van der Waals surface area (Å²) < 4.78 is 0. The third-order valence-corrected chi connectivity index (χ3v) is 2.55. The first-order valence-corrected chi connectivity index (χ1v) is 5.14. The first-order valence-electron chi connectivity index (χ1n) is 5.14. The molecular weight excluding hydrogens is 196 g/mol. The number of hydrogen-bond acceptors (Lipinski definition) is 2. The maximum Gasteiger partial charge on any atom is 0.122 e. The van der Waals surface area contributed by atoms with Crippen molar-refractivity contribution in [2.45, 2.75) is 0 Å². The fourth-order valence-electron chi connectivity index (χ4n) is 1.78. The lowest BCUT2D eigenvalue weighted by atomic mass is 10.1. The first-order chi connectivity index (χ1) is 7.95. The molecule has 0 aliphatic carbocycles. The lowest BCUT2D eigenvalue weighted by Gasteiger charge is -2.03. The van der Waals surface area contributed by atoms with Crippen molar-refractivity contribution in [3.63, 3.8) is 0 Å². The van der Waals surface area contributed by atoms with Gasteiger partial charge in [-0.1, -0.05) is 54.6 Å². The molecule has 1 heterocycles. The van der Waals surface area contributed by atoms with Gasteiger partial charge in [0.25, 0.3) is 0 Å². The van der Waals surface area contributed by atoms with Gasteiger partial charge < -0.3 is 0 Å². The number of hydrogen-bond donors (Lipinski definition) is 0. The van der Waals surface area contributed by atoms with Crippen molar-refractivity contribution >= 4 is 10.8 Å². The molecule has 2 aromatic carbocycles. The molecule has 1 aromatic heterocycles. The highest BCUT2D eigenvalue weighted by atomic mass is 15.1. The first kappa shape index (κ1) is 9.04. The molecule has 2 heteroatoms. The van der Waals surface area contributed by atoms with Gasteiger partial charge in [0.1, 0.15) is 11.9 Å². The number of rotatable bonds is 1. The minimum absolute atomic E-state index is 0.912. The fourth-order valence-corrected chi connectivity index (χ4v) is 1.78. The van der Waals surface area contributed by atoms with E-state index in [2.05, 4.69) is 16.4 Å². The molecule has 3 rings (SSSR count). The number of nitrogens with zero attached hydrogens (tertiary/aromatic N) is 2. The summed E-state index contributed by atoms with van der Waals surface area (Å²) in [7, 11) is 0. The highest BCUT2D eigenvalue weighted by Crippen LogP contribution is 2.24. The van der Waals surface area contributed by atoms with Gasteiger partial charge in [-0.05, 0) is 0 Å². The third-order valence-electron chi connectivity index (χ3n) is 2.55. The van der Waals surface area contributed by atoms with Crippen molar-refractivity contribution in [2.75, 3.05) is 0 Å². The van der Waals surface area contributed by atoms with Gasteiger partial charge in [0.2, 0.25) is 0 Å². The Morgan fingerprint density at radius 2 is 1.56 bits per heavy atom. The predicted molar refractivity (Wildman–Crippen MR) is 63.8 cm³/mol. The van der Waals surface area contributed by atoms with E-state index in [-0.39, 0.29) is 0 Å². The molecule has 0 spiro atoms. The van der Waals surface area contributed by atoms with Crippen LogP contribution < -0.4 is 0 Å². The monoisotopic (exact) mass is 205 g/mol. The van der Waals surface area contributed by atoms with E-state index in [4.69, 9.17) is 0 Å². The highest BCUT2D eigenvalue weighted by molar-refractivity contribution is 5.93. The van der Waals surface area contributed by atoms with Crippen molar-refractivity contribution in [1.82, 2.24) is 10.2 Å². The molecule has 0 aliphatic heterocycles. The van der Waals surface area contributed by atoms with Crippen molar-refractivity contribution in [3.8, 4) is 11.3 Å². The average Bonchev–Trinajstić information content (AvgIpc) is 2.39. The van der Waals surface area contributed by atoms with Gasteiger partial charge in [-0.15, -0.1) is 10.2 Å². The summed E-state index contributed by atoms with van der Waals surface area (Å²) in [5.41, 5.74) is 2.00. The van der Waals surface area contributed by atoms with Gasteiger partial charge >= 0.3 is 0 Å². The van der Waals surface area contributed by atoms with E-state index >= 15 is 0 Å². The maximum atomic E-state index is 4.17. The van der Waals surface area contributed by atoms with Crippen LogP contribution >= 0.6 is 0 Å². The SMILES string of the molecule is [c]1nnc(-c2ccccc2)c2ccccc12. The van der Waals surface area contributed by atoms with Gasteiger partial charge in [0.15, 0.2) is 0 Å². The van der Waals surface area contributed by atoms with Gasteiger partial charge in [0, 0.05) is 16.3 Å². The van der Waals surface area contributed by atoms with Crippen LogP contribution in [-0.4, -0.2) is 10.2 Å². The van der Waals surface area contributed by atoms with Crippen LogP contribution in [0, 0.1) is 6.20 Å². The van der Waals surface area contributed by atoms with Crippen LogP contribution in [0.2, 0.25) is 0 Å². The molecule has 0 unspecified atom stereocenters. The van der Waals surface area contributed by atoms with E-state index in [0.29, 0.717) is 0 Å². The minimum atomic E-state index is 0.912. The molecule has 2 nitrogen and oxygen atoms in total. The average molecular weight is 205 g/mol. The van der Waals surface area contributed by atoms with Gasteiger partial charge in [0.05, 0.1) is 0 Å². The van der Waals surface area contributed by atoms with Crippen LogP contribution in [0.5, 0.6) is 0 Å². The van der Waals surface area contributed by atoms with Crippen LogP contribution in [0.25, 0.3) is 22.0 Å². The quantitative estimate of drug-likeness (QED) is 0.610. The molecule has 0 bridgehead atoms. The third kappa shape index (κ3) is 1.44. The zero-order chi connectivity index (χ0) is 10.8. The Hall–Kier alpha value is -2.22. The zero-order valence-corrected chi connectivity index (χ0v) is 8.59. The molecule has 0 N–H and O–H groups in total. The summed E-state index contributed by atoms with van der Waals surface area (Å²) in [6.07, 6.45) is 2.90. The summed E-state index contributed by atoms with van der Waals surface area (Å²) in [6, 6.07) is 18.1. The lowest BCUT2D eigenvalue weighted by molar-refractivity contribution is 1.05. The molecule has 3 aromatic rings. The Labute approximate surface area is 93.6 Å². The minimum Gasteiger partial charge on any atom is -0.149 e. The van der Waals surface area contributed by atoms with Crippen LogP contribution in [0.4, 0.5) is 0 Å². The summed E-state index contributed by atoms with van der Waals surface area (Å²) in [4.78, 5) is 0. The largest absolute Gasteiger partial charge is 0.149 e. The highest BCUT2D eigenvalue weighted by Gasteiger charge is 2.04. The molecule has 0 aliphatic rings. The normalized spacial score (nSPS) is 10.5. The molecule has 0 saturated heterocycles. The second kappa shape index (κ2) is 3.74. The van der Waals surface area contributed by atoms with E-state index in [9.17, 15) is 0 Å².